The SMILES string of the molecule is O=C(c1ccccc1F)N1CCCN(C(=O)c2cc(Br)ccc2F)CC1. The first-order chi connectivity index (χ1) is 12.5. The molecule has 0 radical (unpaired) electrons. The first-order valence-corrected chi connectivity index (χ1v) is 9.05. The van der Waals surface area contributed by atoms with Crippen molar-refractivity contribution in [2.24, 2.45) is 0 Å². The van der Waals surface area contributed by atoms with Gasteiger partial charge in [0.05, 0.1) is 11.1 Å². The first kappa shape index (κ1) is 18.5. The highest BCUT2D eigenvalue weighted by atomic mass is 79.9. The van der Waals surface area contributed by atoms with Crippen molar-refractivity contribution in [2.45, 2.75) is 6.42 Å². The largest absolute Gasteiger partial charge is 0.337 e. The van der Waals surface area contributed by atoms with Crippen LogP contribution in [0.4, 0.5) is 8.78 Å². The second-order valence-electron chi connectivity index (χ2n) is 6.04. The number of hydrogen-bond acceptors (Lipinski definition) is 2. The lowest BCUT2D eigenvalue weighted by Gasteiger charge is -2.22. The topological polar surface area (TPSA) is 40.6 Å². The van der Waals surface area contributed by atoms with Crippen LogP contribution in [0.15, 0.2) is 46.9 Å². The summed E-state index contributed by atoms with van der Waals surface area (Å²) in [4.78, 5) is 28.2. The Hall–Kier alpha value is -2.28. The van der Waals surface area contributed by atoms with E-state index in [0.717, 1.165) is 0 Å². The molecule has 0 unspecified atom stereocenters. The van der Waals surface area contributed by atoms with Gasteiger partial charge in [0.1, 0.15) is 11.6 Å². The van der Waals surface area contributed by atoms with Gasteiger partial charge in [0.25, 0.3) is 11.8 Å². The van der Waals surface area contributed by atoms with E-state index >= 15 is 0 Å². The van der Waals surface area contributed by atoms with Crippen molar-refractivity contribution >= 4 is 27.7 Å². The third-order valence-electron chi connectivity index (χ3n) is 4.33. The molecule has 0 spiro atoms. The maximum Gasteiger partial charge on any atom is 0.256 e. The van der Waals surface area contributed by atoms with E-state index in [-0.39, 0.29) is 24.2 Å². The molecular formula is C19H17BrF2N2O2. The minimum Gasteiger partial charge on any atom is -0.337 e. The zero-order valence-corrected chi connectivity index (χ0v) is 15.5. The summed E-state index contributed by atoms with van der Waals surface area (Å²) in [5.74, 6) is -1.96. The normalized spacial score (nSPS) is 14.9. The van der Waals surface area contributed by atoms with Gasteiger partial charge in [-0.2, -0.15) is 0 Å². The number of carbonyl (C=O) groups is 2. The van der Waals surface area contributed by atoms with Crippen LogP contribution in [0.3, 0.4) is 0 Å². The maximum atomic E-state index is 14.0. The summed E-state index contributed by atoms with van der Waals surface area (Å²) in [6.07, 6.45) is 0.543. The standard InChI is InChI=1S/C19H17BrF2N2O2/c20-13-6-7-17(22)15(12-13)19(26)24-9-3-8-23(10-11-24)18(25)14-4-1-2-5-16(14)21/h1-2,4-7,12H,3,8-11H2. The summed E-state index contributed by atoms with van der Waals surface area (Å²) in [6, 6.07) is 10.1. The Morgan fingerprint density at radius 2 is 1.38 bits per heavy atom. The molecule has 1 saturated heterocycles. The fourth-order valence-electron chi connectivity index (χ4n) is 2.96. The van der Waals surface area contributed by atoms with E-state index in [2.05, 4.69) is 15.9 Å². The molecule has 2 aromatic carbocycles. The molecule has 3 rings (SSSR count). The number of carbonyl (C=O) groups excluding carboxylic acids is 2. The van der Waals surface area contributed by atoms with E-state index in [1.54, 1.807) is 6.07 Å². The molecule has 1 heterocycles. The van der Waals surface area contributed by atoms with E-state index < -0.39 is 23.4 Å². The molecule has 136 valence electrons. The van der Waals surface area contributed by atoms with Gasteiger partial charge in [0, 0.05) is 30.7 Å². The molecule has 1 fully saturated rings. The van der Waals surface area contributed by atoms with E-state index in [0.29, 0.717) is 24.0 Å². The van der Waals surface area contributed by atoms with Crippen LogP contribution in [0.25, 0.3) is 0 Å². The van der Waals surface area contributed by atoms with Crippen LogP contribution in [-0.4, -0.2) is 47.8 Å². The first-order valence-electron chi connectivity index (χ1n) is 8.25. The van der Waals surface area contributed by atoms with Gasteiger partial charge in [0.2, 0.25) is 0 Å². The molecule has 26 heavy (non-hydrogen) atoms. The quantitative estimate of drug-likeness (QED) is 0.739. The monoisotopic (exact) mass is 422 g/mol. The van der Waals surface area contributed by atoms with Crippen molar-refractivity contribution in [1.29, 1.82) is 0 Å². The molecule has 0 bridgehead atoms. The fraction of sp³-hybridized carbons (Fsp3) is 0.263. The molecule has 0 saturated carbocycles. The zero-order chi connectivity index (χ0) is 18.7. The molecule has 0 N–H and O–H groups in total. The Morgan fingerprint density at radius 3 is 2.04 bits per heavy atom. The van der Waals surface area contributed by atoms with E-state index in [9.17, 15) is 18.4 Å². The van der Waals surface area contributed by atoms with Crippen LogP contribution in [0.2, 0.25) is 0 Å². The van der Waals surface area contributed by atoms with Gasteiger partial charge in [0.15, 0.2) is 0 Å². The van der Waals surface area contributed by atoms with Crippen LogP contribution in [-0.2, 0) is 0 Å². The Balaban J connectivity index is 1.72. The molecule has 2 amide bonds. The molecule has 4 nitrogen and oxygen atoms in total. The highest BCUT2D eigenvalue weighted by Crippen LogP contribution is 2.19. The minimum absolute atomic E-state index is 0.00625. The van der Waals surface area contributed by atoms with Crippen molar-refractivity contribution in [3.05, 3.63) is 69.7 Å². The van der Waals surface area contributed by atoms with Gasteiger partial charge in [-0.05, 0) is 36.8 Å². The minimum atomic E-state index is -0.582. The van der Waals surface area contributed by atoms with Gasteiger partial charge >= 0.3 is 0 Å². The molecular weight excluding hydrogens is 406 g/mol. The summed E-state index contributed by atoms with van der Waals surface area (Å²) in [5, 5.41) is 0. The highest BCUT2D eigenvalue weighted by molar-refractivity contribution is 9.10. The average molecular weight is 423 g/mol. The Morgan fingerprint density at radius 1 is 0.808 bits per heavy atom. The number of halogens is 3. The third kappa shape index (κ3) is 3.93. The number of rotatable bonds is 2. The van der Waals surface area contributed by atoms with Crippen LogP contribution >= 0.6 is 15.9 Å². The molecule has 1 aliphatic rings. The van der Waals surface area contributed by atoms with Crippen molar-refractivity contribution in [2.75, 3.05) is 26.2 Å². The highest BCUT2D eigenvalue weighted by Gasteiger charge is 2.26. The molecule has 0 aliphatic carbocycles. The second-order valence-corrected chi connectivity index (χ2v) is 6.96. The Bertz CT molecular complexity index is 844. The molecule has 1 aliphatic heterocycles. The Kier molecular flexibility index (Phi) is 5.66. The lowest BCUT2D eigenvalue weighted by Crippen LogP contribution is -2.37. The third-order valence-corrected chi connectivity index (χ3v) is 4.83. The van der Waals surface area contributed by atoms with Gasteiger partial charge in [-0.25, -0.2) is 8.78 Å². The Labute approximate surface area is 158 Å². The fourth-order valence-corrected chi connectivity index (χ4v) is 3.32. The van der Waals surface area contributed by atoms with E-state index in [1.165, 1.54) is 46.2 Å². The van der Waals surface area contributed by atoms with Gasteiger partial charge < -0.3 is 9.80 Å². The average Bonchev–Trinajstić information content (AvgIpc) is 2.89. The van der Waals surface area contributed by atoms with Crippen LogP contribution < -0.4 is 0 Å². The van der Waals surface area contributed by atoms with Crippen molar-refractivity contribution in [3.8, 4) is 0 Å². The second kappa shape index (κ2) is 7.95. The van der Waals surface area contributed by atoms with Crippen molar-refractivity contribution < 1.29 is 18.4 Å². The lowest BCUT2D eigenvalue weighted by atomic mass is 10.2. The zero-order valence-electron chi connectivity index (χ0n) is 13.9. The molecule has 7 heteroatoms. The summed E-state index contributed by atoms with van der Waals surface area (Å²) in [5.41, 5.74) is 0.0126. The van der Waals surface area contributed by atoms with Crippen LogP contribution in [0.1, 0.15) is 27.1 Å². The number of hydrogen-bond donors (Lipinski definition) is 0. The number of benzene rings is 2. The van der Waals surface area contributed by atoms with E-state index in [4.69, 9.17) is 0 Å². The van der Waals surface area contributed by atoms with E-state index in [1.807, 2.05) is 0 Å². The van der Waals surface area contributed by atoms with Crippen molar-refractivity contribution in [1.82, 2.24) is 9.80 Å². The summed E-state index contributed by atoms with van der Waals surface area (Å²) in [7, 11) is 0. The van der Waals surface area contributed by atoms with Crippen LogP contribution in [0, 0.1) is 11.6 Å². The molecule has 0 aromatic heterocycles. The van der Waals surface area contributed by atoms with Crippen LogP contribution in [0.5, 0.6) is 0 Å². The molecule has 0 atom stereocenters. The lowest BCUT2D eigenvalue weighted by molar-refractivity contribution is 0.0713. The molecule has 2 aromatic rings. The summed E-state index contributed by atoms with van der Waals surface area (Å²) >= 11 is 3.24. The number of amides is 2. The van der Waals surface area contributed by atoms with Crippen molar-refractivity contribution in [3.63, 3.8) is 0 Å². The van der Waals surface area contributed by atoms with Gasteiger partial charge in [-0.1, -0.05) is 28.1 Å². The smallest absolute Gasteiger partial charge is 0.256 e. The number of nitrogens with zero attached hydrogens (tertiary/aromatic N) is 2. The maximum absolute atomic E-state index is 14.0. The predicted octanol–water partition coefficient (Wildman–Crippen LogP) is 3.72. The van der Waals surface area contributed by atoms with Gasteiger partial charge in [-0.15, -0.1) is 0 Å². The predicted molar refractivity (Wildman–Crippen MR) is 96.9 cm³/mol. The summed E-state index contributed by atoms with van der Waals surface area (Å²) in [6.45, 7) is 1.36. The summed E-state index contributed by atoms with van der Waals surface area (Å²) < 4.78 is 28.4. The van der Waals surface area contributed by atoms with Gasteiger partial charge in [-0.3, -0.25) is 9.59 Å².